The molecule has 0 radical (unpaired) electrons. The fraction of sp³-hybridized carbons (Fsp3) is 0.200. The topological polar surface area (TPSA) is 94.6 Å². The summed E-state index contributed by atoms with van der Waals surface area (Å²) in [5, 5.41) is 9.62. The predicted molar refractivity (Wildman–Crippen MR) is 133 cm³/mol. The van der Waals surface area contributed by atoms with E-state index in [2.05, 4.69) is 0 Å². The first-order chi connectivity index (χ1) is 16.3. The van der Waals surface area contributed by atoms with Crippen molar-refractivity contribution in [2.75, 3.05) is 7.11 Å². The number of nitrogens with zero attached hydrogens (tertiary/aromatic N) is 1. The lowest BCUT2D eigenvalue weighted by atomic mass is 9.94. The van der Waals surface area contributed by atoms with Crippen LogP contribution in [0.4, 0.5) is 8.78 Å². The van der Waals surface area contributed by atoms with Crippen molar-refractivity contribution in [3.63, 3.8) is 0 Å². The molecule has 0 aliphatic heterocycles. The monoisotopic (exact) mass is 518 g/mol. The number of thiophene rings is 1. The highest BCUT2D eigenvalue weighted by Gasteiger charge is 2.25. The number of aryl methyl sites for hydroxylation is 1. The number of ether oxygens (including phenoxy) is 1. The van der Waals surface area contributed by atoms with E-state index in [9.17, 15) is 23.5 Å². The third kappa shape index (κ3) is 4.09. The number of hydrogen-bond acceptors (Lipinski definition) is 5. The van der Waals surface area contributed by atoms with E-state index in [-0.39, 0.29) is 40.8 Å². The fourth-order valence-corrected chi connectivity index (χ4v) is 5.83. The van der Waals surface area contributed by atoms with Crippen molar-refractivity contribution in [2.45, 2.75) is 25.3 Å². The molecular formula is C25H21ClF2N2O4S. The smallest absolute Gasteiger partial charge is 0.341 e. The van der Waals surface area contributed by atoms with E-state index in [0.29, 0.717) is 11.6 Å². The molecule has 0 fully saturated rings. The maximum atomic E-state index is 14.8. The summed E-state index contributed by atoms with van der Waals surface area (Å²) in [5.74, 6) is -2.86. The molecule has 1 atom stereocenters. The van der Waals surface area contributed by atoms with E-state index in [1.54, 1.807) is 17.4 Å². The number of methoxy groups -OCH3 is 1. The molecule has 1 unspecified atom stereocenters. The summed E-state index contributed by atoms with van der Waals surface area (Å²) in [6.45, 7) is 0. The van der Waals surface area contributed by atoms with Gasteiger partial charge in [-0.05, 0) is 55.2 Å². The molecule has 2 heterocycles. The normalized spacial score (nSPS) is 14.9. The predicted octanol–water partition coefficient (Wildman–Crippen LogP) is 5.46. The van der Waals surface area contributed by atoms with Crippen molar-refractivity contribution in [1.82, 2.24) is 4.57 Å². The summed E-state index contributed by atoms with van der Waals surface area (Å²) in [6, 6.07) is 8.12. The van der Waals surface area contributed by atoms with Gasteiger partial charge in [0.1, 0.15) is 22.7 Å². The van der Waals surface area contributed by atoms with Crippen LogP contribution in [0.2, 0.25) is 0 Å². The van der Waals surface area contributed by atoms with Crippen LogP contribution >= 0.6 is 23.7 Å². The first kappa shape index (κ1) is 24.8. The second kappa shape index (κ2) is 9.41. The van der Waals surface area contributed by atoms with Crippen molar-refractivity contribution in [1.29, 1.82) is 0 Å². The van der Waals surface area contributed by atoms with Gasteiger partial charge in [0.05, 0.1) is 18.2 Å². The first-order valence-electron chi connectivity index (χ1n) is 10.6. The van der Waals surface area contributed by atoms with Crippen molar-refractivity contribution >= 4 is 40.6 Å². The Labute approximate surface area is 209 Å². The summed E-state index contributed by atoms with van der Waals surface area (Å²) in [4.78, 5) is 26.8. The fourth-order valence-electron chi connectivity index (χ4n) is 4.53. The van der Waals surface area contributed by atoms with Gasteiger partial charge in [-0.25, -0.2) is 13.6 Å². The molecule has 5 rings (SSSR count). The molecule has 0 bridgehead atoms. The number of pyridine rings is 1. The van der Waals surface area contributed by atoms with E-state index >= 15 is 0 Å². The Hall–Kier alpha value is -3.27. The zero-order valence-corrected chi connectivity index (χ0v) is 20.1. The number of carboxylic acid groups (broad SMARTS) is 1. The third-order valence-corrected chi connectivity index (χ3v) is 7.39. The van der Waals surface area contributed by atoms with E-state index in [1.807, 2.05) is 6.07 Å². The van der Waals surface area contributed by atoms with Gasteiger partial charge in [0.2, 0.25) is 5.43 Å². The maximum Gasteiger partial charge on any atom is 0.341 e. The summed E-state index contributed by atoms with van der Waals surface area (Å²) in [7, 11) is 1.43. The second-order valence-corrected chi connectivity index (χ2v) is 9.31. The Morgan fingerprint density at radius 1 is 1.23 bits per heavy atom. The number of halogens is 3. The van der Waals surface area contributed by atoms with Crippen LogP contribution < -0.4 is 15.9 Å². The van der Waals surface area contributed by atoms with Gasteiger partial charge < -0.3 is 20.1 Å². The first-order valence-corrected chi connectivity index (χ1v) is 11.5. The molecule has 182 valence electrons. The second-order valence-electron chi connectivity index (χ2n) is 8.17. The van der Waals surface area contributed by atoms with Crippen LogP contribution in [0.5, 0.6) is 5.75 Å². The number of carboxylic acids is 1. The Kier molecular flexibility index (Phi) is 6.68. The van der Waals surface area contributed by atoms with Crippen molar-refractivity contribution in [3.8, 4) is 21.9 Å². The summed E-state index contributed by atoms with van der Waals surface area (Å²) >= 11 is 1.58. The molecule has 10 heteroatoms. The molecule has 0 saturated carbocycles. The number of hydrogen-bond donors (Lipinski definition) is 2. The minimum absolute atomic E-state index is 0. The maximum absolute atomic E-state index is 14.8. The Morgan fingerprint density at radius 2 is 2.00 bits per heavy atom. The number of carbonyl (C=O) groups is 1. The van der Waals surface area contributed by atoms with Gasteiger partial charge in [-0.3, -0.25) is 4.79 Å². The quantitative estimate of drug-likeness (QED) is 0.374. The van der Waals surface area contributed by atoms with Crippen LogP contribution in [0.15, 0.2) is 47.4 Å². The van der Waals surface area contributed by atoms with Crippen molar-refractivity contribution in [3.05, 3.63) is 80.5 Å². The van der Waals surface area contributed by atoms with E-state index in [0.717, 1.165) is 42.0 Å². The van der Waals surface area contributed by atoms with Gasteiger partial charge in [0.15, 0.2) is 5.75 Å². The highest BCUT2D eigenvalue weighted by Crippen LogP contribution is 2.44. The minimum atomic E-state index is -1.45. The average molecular weight is 519 g/mol. The highest BCUT2D eigenvalue weighted by atomic mass is 35.5. The van der Waals surface area contributed by atoms with Crippen molar-refractivity contribution in [2.24, 2.45) is 5.73 Å². The third-order valence-electron chi connectivity index (χ3n) is 6.15. The number of benzene rings is 2. The summed E-state index contributed by atoms with van der Waals surface area (Å²) in [6.07, 6.45) is 3.88. The van der Waals surface area contributed by atoms with E-state index < -0.39 is 28.6 Å². The molecular weight excluding hydrogens is 498 g/mol. The Balaban J connectivity index is 0.00000289. The van der Waals surface area contributed by atoms with Crippen LogP contribution in [0.1, 0.15) is 39.7 Å². The van der Waals surface area contributed by atoms with E-state index in [1.165, 1.54) is 28.7 Å². The molecule has 0 amide bonds. The lowest BCUT2D eigenvalue weighted by Gasteiger charge is -2.18. The van der Waals surface area contributed by atoms with Gasteiger partial charge >= 0.3 is 5.97 Å². The van der Waals surface area contributed by atoms with E-state index in [4.69, 9.17) is 10.5 Å². The minimum Gasteiger partial charge on any atom is -0.494 e. The largest absolute Gasteiger partial charge is 0.494 e. The standard InChI is InChI=1S/C25H20F2N2O4S.ClH/c1-33-24-13(21-10-15-18(28)3-2-4-20(15)34-21)6-7-14-22(24)29(11-16(23(14)30)25(31)32)19-8-5-12(26)9-17(19)27;/h5-11,18H,2-4,28H2,1H3,(H,31,32);1H. The number of rotatable bonds is 4. The lowest BCUT2D eigenvalue weighted by molar-refractivity contribution is 0.0695. The van der Waals surface area contributed by atoms with Gasteiger partial charge in [-0.2, -0.15) is 0 Å². The van der Waals surface area contributed by atoms with Crippen LogP contribution in [-0.4, -0.2) is 22.8 Å². The molecule has 3 N–H and O–H groups in total. The SMILES string of the molecule is COc1c(-c2cc3c(s2)CCCC3N)ccc2c(=O)c(C(=O)O)cn(-c3ccc(F)cc3F)c12.Cl. The number of aromatic carboxylic acids is 1. The van der Waals surface area contributed by atoms with Crippen LogP contribution in [0.25, 0.3) is 27.0 Å². The molecule has 2 aromatic carbocycles. The Bertz CT molecular complexity index is 1530. The molecule has 1 aliphatic carbocycles. The Morgan fingerprint density at radius 3 is 2.66 bits per heavy atom. The zero-order valence-electron chi connectivity index (χ0n) is 18.5. The lowest BCUT2D eigenvalue weighted by Crippen LogP contribution is -2.19. The zero-order chi connectivity index (χ0) is 24.1. The average Bonchev–Trinajstić information content (AvgIpc) is 3.24. The molecule has 6 nitrogen and oxygen atoms in total. The molecule has 0 saturated heterocycles. The number of nitrogens with two attached hydrogens (primary N) is 1. The highest BCUT2D eigenvalue weighted by molar-refractivity contribution is 7.15. The van der Waals surface area contributed by atoms with Crippen LogP contribution in [-0.2, 0) is 6.42 Å². The van der Waals surface area contributed by atoms with Gasteiger partial charge in [-0.15, -0.1) is 23.7 Å². The molecule has 1 aliphatic rings. The molecule has 35 heavy (non-hydrogen) atoms. The molecule has 2 aromatic heterocycles. The van der Waals surface area contributed by atoms with Gasteiger partial charge in [0.25, 0.3) is 0 Å². The summed E-state index contributed by atoms with van der Waals surface area (Å²) in [5.41, 5.74) is 6.86. The molecule has 0 spiro atoms. The van der Waals surface area contributed by atoms with Crippen LogP contribution in [0.3, 0.4) is 0 Å². The van der Waals surface area contributed by atoms with Gasteiger partial charge in [0, 0.05) is 33.6 Å². The van der Waals surface area contributed by atoms with Crippen molar-refractivity contribution < 1.29 is 23.4 Å². The number of fused-ring (bicyclic) bond motifs is 2. The molecule has 4 aromatic rings. The number of aromatic nitrogens is 1. The van der Waals surface area contributed by atoms with Gasteiger partial charge in [-0.1, -0.05) is 0 Å². The van der Waals surface area contributed by atoms with Crippen LogP contribution in [0, 0.1) is 11.6 Å². The summed E-state index contributed by atoms with van der Waals surface area (Å²) < 4.78 is 35.4.